The van der Waals surface area contributed by atoms with E-state index in [1.807, 2.05) is 31.2 Å². The van der Waals surface area contributed by atoms with Gasteiger partial charge in [0.1, 0.15) is 18.8 Å². The molecule has 1 aliphatic heterocycles. The topological polar surface area (TPSA) is 49.0 Å². The molecule has 2 rings (SSSR count). The average Bonchev–Trinajstić information content (AvgIpc) is 2.48. The van der Waals surface area contributed by atoms with Crippen molar-refractivity contribution in [3.63, 3.8) is 0 Å². The van der Waals surface area contributed by atoms with Crippen LogP contribution >= 0.6 is 0 Å². The normalized spacial score (nSPS) is 20.4. The molecule has 2 unspecified atom stereocenters. The molecule has 20 heavy (non-hydrogen) atoms. The Balaban J connectivity index is 1.89. The zero-order valence-electron chi connectivity index (χ0n) is 12.1. The molecule has 1 N–H and O–H groups in total. The van der Waals surface area contributed by atoms with Crippen LogP contribution in [0.2, 0.25) is 0 Å². The Morgan fingerprint density at radius 2 is 2.15 bits per heavy atom. The second-order valence-electron chi connectivity index (χ2n) is 4.84. The van der Waals surface area contributed by atoms with Gasteiger partial charge in [-0.05, 0) is 19.1 Å². The second kappa shape index (κ2) is 8.09. The predicted molar refractivity (Wildman–Crippen MR) is 76.5 cm³/mol. The molecule has 5 heteroatoms. The molecule has 1 fully saturated rings. The standard InChI is InChI=1S/C15H23NO4/c1-12(10-17-2)20-15-6-4-3-5-14(15)19-11-13-9-16-7-8-18-13/h3-6,12-13,16H,7-11H2,1-2H3. The van der Waals surface area contributed by atoms with Gasteiger partial charge in [0.2, 0.25) is 0 Å². The average molecular weight is 281 g/mol. The van der Waals surface area contributed by atoms with Crippen molar-refractivity contribution in [1.29, 1.82) is 0 Å². The van der Waals surface area contributed by atoms with Gasteiger partial charge >= 0.3 is 0 Å². The molecule has 0 aromatic heterocycles. The van der Waals surface area contributed by atoms with E-state index >= 15 is 0 Å². The summed E-state index contributed by atoms with van der Waals surface area (Å²) in [5.41, 5.74) is 0. The van der Waals surface area contributed by atoms with Crippen molar-refractivity contribution < 1.29 is 18.9 Å². The van der Waals surface area contributed by atoms with E-state index in [4.69, 9.17) is 18.9 Å². The van der Waals surface area contributed by atoms with E-state index in [9.17, 15) is 0 Å². The van der Waals surface area contributed by atoms with E-state index < -0.39 is 0 Å². The molecule has 2 atom stereocenters. The van der Waals surface area contributed by atoms with Crippen LogP contribution in [0, 0.1) is 0 Å². The molecule has 1 aliphatic rings. The Kier molecular flexibility index (Phi) is 6.11. The maximum atomic E-state index is 5.82. The first kappa shape index (κ1) is 15.1. The second-order valence-corrected chi connectivity index (χ2v) is 4.84. The van der Waals surface area contributed by atoms with Crippen LogP contribution in [0.5, 0.6) is 11.5 Å². The summed E-state index contributed by atoms with van der Waals surface area (Å²) in [5, 5.41) is 3.28. The number of morpholine rings is 1. The van der Waals surface area contributed by atoms with Gasteiger partial charge < -0.3 is 24.3 Å². The number of ether oxygens (including phenoxy) is 4. The Morgan fingerprint density at radius 3 is 2.85 bits per heavy atom. The molecule has 1 heterocycles. The fourth-order valence-electron chi connectivity index (χ4n) is 2.06. The lowest BCUT2D eigenvalue weighted by Crippen LogP contribution is -2.41. The Labute approximate surface area is 120 Å². The van der Waals surface area contributed by atoms with Crippen LogP contribution in [0.25, 0.3) is 0 Å². The molecule has 1 saturated heterocycles. The molecule has 0 amide bonds. The van der Waals surface area contributed by atoms with Crippen molar-refractivity contribution in [1.82, 2.24) is 5.32 Å². The van der Waals surface area contributed by atoms with Gasteiger partial charge in [0.15, 0.2) is 11.5 Å². The summed E-state index contributed by atoms with van der Waals surface area (Å²) >= 11 is 0. The molecular formula is C15H23NO4. The third kappa shape index (κ3) is 4.67. The fourth-order valence-corrected chi connectivity index (χ4v) is 2.06. The molecule has 5 nitrogen and oxygen atoms in total. The zero-order valence-corrected chi connectivity index (χ0v) is 12.1. The van der Waals surface area contributed by atoms with Crippen molar-refractivity contribution in [3.05, 3.63) is 24.3 Å². The summed E-state index contributed by atoms with van der Waals surface area (Å²) in [6.07, 6.45) is 0.0746. The first-order valence-electron chi connectivity index (χ1n) is 6.99. The maximum absolute atomic E-state index is 5.82. The highest BCUT2D eigenvalue weighted by molar-refractivity contribution is 5.39. The molecule has 0 spiro atoms. The van der Waals surface area contributed by atoms with E-state index in [2.05, 4.69) is 5.32 Å². The molecular weight excluding hydrogens is 258 g/mol. The Bertz CT molecular complexity index is 393. The van der Waals surface area contributed by atoms with Crippen LogP contribution < -0.4 is 14.8 Å². The van der Waals surface area contributed by atoms with E-state index in [1.54, 1.807) is 7.11 Å². The third-order valence-electron chi connectivity index (χ3n) is 3.01. The van der Waals surface area contributed by atoms with Crippen LogP contribution in [0.15, 0.2) is 24.3 Å². The lowest BCUT2D eigenvalue weighted by Gasteiger charge is -2.24. The highest BCUT2D eigenvalue weighted by Gasteiger charge is 2.15. The lowest BCUT2D eigenvalue weighted by atomic mass is 10.3. The van der Waals surface area contributed by atoms with Gasteiger partial charge in [0.25, 0.3) is 0 Å². The van der Waals surface area contributed by atoms with Crippen LogP contribution in [0.4, 0.5) is 0 Å². The molecule has 1 aromatic carbocycles. The minimum atomic E-state index is -0.0163. The Hall–Kier alpha value is -1.30. The van der Waals surface area contributed by atoms with Crippen LogP contribution in [-0.4, -0.2) is 52.2 Å². The third-order valence-corrected chi connectivity index (χ3v) is 3.01. The van der Waals surface area contributed by atoms with Crippen molar-refractivity contribution in [2.24, 2.45) is 0 Å². The molecule has 1 aromatic rings. The van der Waals surface area contributed by atoms with Crippen molar-refractivity contribution >= 4 is 0 Å². The fraction of sp³-hybridized carbons (Fsp3) is 0.600. The van der Waals surface area contributed by atoms with Gasteiger partial charge in [0, 0.05) is 20.2 Å². The SMILES string of the molecule is COCC(C)Oc1ccccc1OCC1CNCCO1. The number of rotatable bonds is 7. The zero-order chi connectivity index (χ0) is 14.2. The molecule has 0 aliphatic carbocycles. The highest BCUT2D eigenvalue weighted by Crippen LogP contribution is 2.27. The summed E-state index contributed by atoms with van der Waals surface area (Å²) in [4.78, 5) is 0. The van der Waals surface area contributed by atoms with Crippen molar-refractivity contribution in [2.45, 2.75) is 19.1 Å². The van der Waals surface area contributed by atoms with Crippen molar-refractivity contribution in [2.75, 3.05) is 40.0 Å². The van der Waals surface area contributed by atoms with Gasteiger partial charge in [-0.2, -0.15) is 0 Å². The van der Waals surface area contributed by atoms with E-state index in [-0.39, 0.29) is 12.2 Å². The number of benzene rings is 1. The summed E-state index contributed by atoms with van der Waals surface area (Å²) in [6, 6.07) is 7.68. The largest absolute Gasteiger partial charge is 0.487 e. The number of nitrogens with one attached hydrogen (secondary N) is 1. The molecule has 0 radical (unpaired) electrons. The van der Waals surface area contributed by atoms with Crippen LogP contribution in [-0.2, 0) is 9.47 Å². The molecule has 0 saturated carbocycles. The number of para-hydroxylation sites is 2. The summed E-state index contributed by atoms with van der Waals surface area (Å²) in [5.74, 6) is 1.48. The summed E-state index contributed by atoms with van der Waals surface area (Å²) in [7, 11) is 1.66. The van der Waals surface area contributed by atoms with Crippen LogP contribution in [0.3, 0.4) is 0 Å². The lowest BCUT2D eigenvalue weighted by molar-refractivity contribution is -0.000914. The Morgan fingerprint density at radius 1 is 1.35 bits per heavy atom. The molecule has 112 valence electrons. The van der Waals surface area contributed by atoms with Gasteiger partial charge in [0.05, 0.1) is 13.2 Å². The van der Waals surface area contributed by atoms with Crippen molar-refractivity contribution in [3.8, 4) is 11.5 Å². The smallest absolute Gasteiger partial charge is 0.161 e. The summed E-state index contributed by atoms with van der Waals surface area (Å²) < 4.78 is 22.3. The van der Waals surface area contributed by atoms with Gasteiger partial charge in [-0.3, -0.25) is 0 Å². The predicted octanol–water partition coefficient (Wildman–Crippen LogP) is 1.47. The van der Waals surface area contributed by atoms with E-state index in [0.717, 1.165) is 31.2 Å². The van der Waals surface area contributed by atoms with E-state index in [0.29, 0.717) is 13.2 Å². The number of hydrogen-bond donors (Lipinski definition) is 1. The van der Waals surface area contributed by atoms with Gasteiger partial charge in [-0.1, -0.05) is 12.1 Å². The minimum absolute atomic E-state index is 0.0163. The maximum Gasteiger partial charge on any atom is 0.161 e. The van der Waals surface area contributed by atoms with E-state index in [1.165, 1.54) is 0 Å². The highest BCUT2D eigenvalue weighted by atomic mass is 16.6. The summed E-state index contributed by atoms with van der Waals surface area (Å²) in [6.45, 7) is 5.50. The van der Waals surface area contributed by atoms with Gasteiger partial charge in [-0.25, -0.2) is 0 Å². The molecule has 0 bridgehead atoms. The first-order valence-corrected chi connectivity index (χ1v) is 6.99. The number of hydrogen-bond acceptors (Lipinski definition) is 5. The quantitative estimate of drug-likeness (QED) is 0.820. The van der Waals surface area contributed by atoms with Crippen LogP contribution in [0.1, 0.15) is 6.92 Å². The first-order chi connectivity index (χ1) is 9.79. The van der Waals surface area contributed by atoms with Gasteiger partial charge in [-0.15, -0.1) is 0 Å². The minimum Gasteiger partial charge on any atom is -0.487 e. The number of methoxy groups -OCH3 is 1. The monoisotopic (exact) mass is 281 g/mol.